The highest BCUT2D eigenvalue weighted by molar-refractivity contribution is 7.92. The van der Waals surface area contributed by atoms with Gasteiger partial charge in [0.25, 0.3) is 0 Å². The van der Waals surface area contributed by atoms with Gasteiger partial charge in [-0.1, -0.05) is 36.8 Å². The summed E-state index contributed by atoms with van der Waals surface area (Å²) in [5, 5.41) is 3.44. The average Bonchev–Trinajstić information content (AvgIpc) is 3.06. The molecule has 3 aromatic rings. The SMILES string of the molecule is CCOc1ccc(Nc2sc(C(=O)c3ccc(C)cc3)c(N)c2S(=O)(=O)CC)cc1. The molecule has 0 amide bonds. The molecule has 8 heteroatoms. The Kier molecular flexibility index (Phi) is 6.48. The van der Waals surface area contributed by atoms with E-state index in [2.05, 4.69) is 5.32 Å². The number of aryl methyl sites for hydroxylation is 1. The first-order chi connectivity index (χ1) is 14.3. The van der Waals surface area contributed by atoms with Crippen molar-refractivity contribution in [2.45, 2.75) is 25.7 Å². The first-order valence-electron chi connectivity index (χ1n) is 9.53. The number of benzene rings is 2. The summed E-state index contributed by atoms with van der Waals surface area (Å²) in [6, 6.07) is 14.2. The summed E-state index contributed by atoms with van der Waals surface area (Å²) in [7, 11) is -3.65. The van der Waals surface area contributed by atoms with Crippen LogP contribution in [-0.2, 0) is 9.84 Å². The van der Waals surface area contributed by atoms with E-state index in [0.29, 0.717) is 28.6 Å². The monoisotopic (exact) mass is 444 g/mol. The summed E-state index contributed by atoms with van der Waals surface area (Å²) in [5.74, 6) is 0.291. The van der Waals surface area contributed by atoms with E-state index in [0.717, 1.165) is 16.9 Å². The van der Waals surface area contributed by atoms with Gasteiger partial charge in [-0.05, 0) is 38.1 Å². The number of carbonyl (C=O) groups excluding carboxylic acids is 1. The van der Waals surface area contributed by atoms with E-state index >= 15 is 0 Å². The number of hydrogen-bond acceptors (Lipinski definition) is 7. The molecule has 0 radical (unpaired) electrons. The number of nitrogen functional groups attached to an aromatic ring is 1. The first kappa shape index (κ1) is 21.9. The zero-order chi connectivity index (χ0) is 21.9. The van der Waals surface area contributed by atoms with Crippen molar-refractivity contribution in [1.82, 2.24) is 0 Å². The molecule has 0 unspecified atom stereocenters. The number of thiophene rings is 1. The van der Waals surface area contributed by atoms with Gasteiger partial charge in [0.05, 0.1) is 18.0 Å². The van der Waals surface area contributed by atoms with Crippen LogP contribution in [0.5, 0.6) is 5.75 Å². The summed E-state index contributed by atoms with van der Waals surface area (Å²) in [6.07, 6.45) is 0. The number of hydrogen-bond donors (Lipinski definition) is 2. The van der Waals surface area contributed by atoms with Crippen molar-refractivity contribution in [1.29, 1.82) is 0 Å². The molecule has 3 N–H and O–H groups in total. The van der Waals surface area contributed by atoms with Gasteiger partial charge in [0, 0.05) is 11.3 Å². The van der Waals surface area contributed by atoms with Gasteiger partial charge >= 0.3 is 0 Å². The van der Waals surface area contributed by atoms with Gasteiger partial charge in [0.15, 0.2) is 9.84 Å². The molecule has 0 saturated heterocycles. The van der Waals surface area contributed by atoms with E-state index in [1.165, 1.54) is 0 Å². The minimum Gasteiger partial charge on any atom is -0.494 e. The van der Waals surface area contributed by atoms with Crippen molar-refractivity contribution in [2.24, 2.45) is 0 Å². The number of ketones is 1. The maximum Gasteiger partial charge on any atom is 0.205 e. The normalized spacial score (nSPS) is 11.3. The molecule has 158 valence electrons. The fourth-order valence-corrected chi connectivity index (χ4v) is 5.53. The third kappa shape index (κ3) is 4.49. The average molecular weight is 445 g/mol. The Morgan fingerprint density at radius 2 is 1.70 bits per heavy atom. The lowest BCUT2D eigenvalue weighted by Gasteiger charge is -2.09. The van der Waals surface area contributed by atoms with Crippen molar-refractivity contribution in [3.63, 3.8) is 0 Å². The molecular weight excluding hydrogens is 420 g/mol. The van der Waals surface area contributed by atoms with Gasteiger partial charge in [-0.3, -0.25) is 4.79 Å². The summed E-state index contributed by atoms with van der Waals surface area (Å²) >= 11 is 1.05. The van der Waals surface area contributed by atoms with Crippen LogP contribution in [0.4, 0.5) is 16.4 Å². The first-order valence-corrected chi connectivity index (χ1v) is 12.0. The second-order valence-electron chi connectivity index (χ2n) is 6.68. The molecule has 30 heavy (non-hydrogen) atoms. The van der Waals surface area contributed by atoms with Crippen molar-refractivity contribution >= 4 is 43.3 Å². The Morgan fingerprint density at radius 3 is 2.27 bits per heavy atom. The molecule has 0 aliphatic carbocycles. The van der Waals surface area contributed by atoms with Crippen LogP contribution in [0.2, 0.25) is 0 Å². The maximum atomic E-state index is 13.0. The molecule has 3 rings (SSSR count). The molecule has 0 aliphatic heterocycles. The highest BCUT2D eigenvalue weighted by Crippen LogP contribution is 2.42. The van der Waals surface area contributed by atoms with Crippen LogP contribution in [0.25, 0.3) is 0 Å². The number of carbonyl (C=O) groups is 1. The molecular formula is C22H24N2O4S2. The molecule has 0 spiro atoms. The molecule has 0 fully saturated rings. The topological polar surface area (TPSA) is 98.5 Å². The van der Waals surface area contributed by atoms with Crippen LogP contribution in [0.1, 0.15) is 34.6 Å². The minimum absolute atomic E-state index is 0.0131. The molecule has 2 aromatic carbocycles. The second-order valence-corrected chi connectivity index (χ2v) is 9.92. The fraction of sp³-hybridized carbons (Fsp3) is 0.227. The van der Waals surface area contributed by atoms with Gasteiger partial charge in [0.1, 0.15) is 20.5 Å². The zero-order valence-electron chi connectivity index (χ0n) is 17.1. The van der Waals surface area contributed by atoms with Crippen LogP contribution < -0.4 is 15.8 Å². The van der Waals surface area contributed by atoms with Crippen LogP contribution in [0, 0.1) is 6.92 Å². The van der Waals surface area contributed by atoms with Gasteiger partial charge in [0.2, 0.25) is 5.78 Å². The van der Waals surface area contributed by atoms with Crippen LogP contribution in [-0.4, -0.2) is 26.6 Å². The van der Waals surface area contributed by atoms with E-state index in [9.17, 15) is 13.2 Å². The molecule has 1 aromatic heterocycles. The summed E-state index contributed by atoms with van der Waals surface area (Å²) in [4.78, 5) is 13.2. The third-order valence-corrected chi connectivity index (χ3v) is 7.59. The number of ether oxygens (including phenoxy) is 1. The van der Waals surface area contributed by atoms with Gasteiger partial charge in [-0.2, -0.15) is 0 Å². The third-order valence-electron chi connectivity index (χ3n) is 4.53. The quantitative estimate of drug-likeness (QED) is 0.484. The molecule has 0 bridgehead atoms. The Hall–Kier alpha value is -2.84. The van der Waals surface area contributed by atoms with Crippen molar-refractivity contribution in [2.75, 3.05) is 23.4 Å². The lowest BCUT2D eigenvalue weighted by Crippen LogP contribution is -2.09. The Labute approximate surface area is 180 Å². The van der Waals surface area contributed by atoms with Crippen molar-refractivity contribution < 1.29 is 17.9 Å². The van der Waals surface area contributed by atoms with E-state index < -0.39 is 9.84 Å². The van der Waals surface area contributed by atoms with Gasteiger partial charge in [-0.15, -0.1) is 11.3 Å². The van der Waals surface area contributed by atoms with E-state index in [4.69, 9.17) is 10.5 Å². The van der Waals surface area contributed by atoms with E-state index in [-0.39, 0.29) is 27.0 Å². The van der Waals surface area contributed by atoms with Gasteiger partial charge < -0.3 is 15.8 Å². The van der Waals surface area contributed by atoms with Crippen molar-refractivity contribution in [3.8, 4) is 5.75 Å². The largest absolute Gasteiger partial charge is 0.494 e. The molecule has 1 heterocycles. The molecule has 6 nitrogen and oxygen atoms in total. The lowest BCUT2D eigenvalue weighted by molar-refractivity contribution is 0.104. The smallest absolute Gasteiger partial charge is 0.205 e. The predicted octanol–water partition coefficient (Wildman–Crippen LogP) is 4.81. The Morgan fingerprint density at radius 1 is 1.07 bits per heavy atom. The van der Waals surface area contributed by atoms with Crippen LogP contribution >= 0.6 is 11.3 Å². The van der Waals surface area contributed by atoms with Gasteiger partial charge in [-0.25, -0.2) is 8.42 Å². The summed E-state index contributed by atoms with van der Waals surface area (Å²) < 4.78 is 30.9. The number of nitrogens with two attached hydrogens (primary N) is 1. The Balaban J connectivity index is 2.04. The lowest BCUT2D eigenvalue weighted by atomic mass is 10.1. The van der Waals surface area contributed by atoms with E-state index in [1.54, 1.807) is 43.3 Å². The highest BCUT2D eigenvalue weighted by Gasteiger charge is 2.29. The van der Waals surface area contributed by atoms with Crippen molar-refractivity contribution in [3.05, 3.63) is 64.5 Å². The number of sulfone groups is 1. The number of nitrogens with one attached hydrogen (secondary N) is 1. The predicted molar refractivity (Wildman–Crippen MR) is 122 cm³/mol. The van der Waals surface area contributed by atoms with Crippen LogP contribution in [0.15, 0.2) is 53.4 Å². The second kappa shape index (κ2) is 8.89. The molecule has 0 aliphatic rings. The highest BCUT2D eigenvalue weighted by atomic mass is 32.2. The fourth-order valence-electron chi connectivity index (χ4n) is 2.90. The molecule has 0 saturated carbocycles. The zero-order valence-corrected chi connectivity index (χ0v) is 18.7. The standard InChI is InChI=1S/C22H24N2O4S2/c1-4-28-17-12-10-16(11-13-17)24-22-21(30(26,27)5-2)18(23)20(29-22)19(25)15-8-6-14(3)7-9-15/h6-13,24H,4-5,23H2,1-3H3. The Bertz CT molecular complexity index is 1150. The molecule has 0 atom stereocenters. The number of rotatable bonds is 8. The maximum absolute atomic E-state index is 13.0. The van der Waals surface area contributed by atoms with E-state index in [1.807, 2.05) is 26.0 Å². The summed E-state index contributed by atoms with van der Waals surface area (Å²) in [5.41, 5.74) is 8.34. The summed E-state index contributed by atoms with van der Waals surface area (Å²) in [6.45, 7) is 5.93. The number of anilines is 3. The van der Waals surface area contributed by atoms with Crippen LogP contribution in [0.3, 0.4) is 0 Å². The minimum atomic E-state index is -3.65.